The van der Waals surface area contributed by atoms with Crippen LogP contribution in [-0.4, -0.2) is 17.9 Å². The molecule has 0 saturated carbocycles. The van der Waals surface area contributed by atoms with Gasteiger partial charge in [0, 0.05) is 24.4 Å². The summed E-state index contributed by atoms with van der Waals surface area (Å²) >= 11 is 0. The van der Waals surface area contributed by atoms with Crippen molar-refractivity contribution in [1.82, 2.24) is 4.98 Å². The predicted molar refractivity (Wildman–Crippen MR) is 103 cm³/mol. The van der Waals surface area contributed by atoms with Gasteiger partial charge in [0.05, 0.1) is 17.4 Å². The normalized spacial score (nSPS) is 11.4. The van der Waals surface area contributed by atoms with Crippen molar-refractivity contribution in [2.24, 2.45) is 0 Å². The molecule has 1 heterocycles. The van der Waals surface area contributed by atoms with E-state index in [2.05, 4.69) is 4.98 Å². The zero-order valence-electron chi connectivity index (χ0n) is 15.7. The summed E-state index contributed by atoms with van der Waals surface area (Å²) in [5.41, 5.74) is 2.77. The molecule has 0 radical (unpaired) electrons. The lowest BCUT2D eigenvalue weighted by Crippen LogP contribution is -2.27. The number of aromatic nitrogens is 1. The van der Waals surface area contributed by atoms with Crippen molar-refractivity contribution in [3.05, 3.63) is 83.2 Å². The van der Waals surface area contributed by atoms with E-state index >= 15 is 0 Å². The van der Waals surface area contributed by atoms with Crippen molar-refractivity contribution >= 4 is 11.6 Å². The quantitative estimate of drug-likeness (QED) is 0.584. The number of alkyl halides is 3. The van der Waals surface area contributed by atoms with Gasteiger partial charge in [-0.1, -0.05) is 24.3 Å². The minimum Gasteiger partial charge on any atom is -0.309 e. The number of amides is 1. The number of rotatable bonds is 3. The molecule has 3 aromatic rings. The van der Waals surface area contributed by atoms with Crippen LogP contribution in [0.4, 0.5) is 18.9 Å². The average molecular weight is 384 g/mol. The lowest BCUT2D eigenvalue weighted by molar-refractivity contribution is -0.137. The first-order valence-corrected chi connectivity index (χ1v) is 8.65. The lowest BCUT2D eigenvalue weighted by atomic mass is 9.99. The van der Waals surface area contributed by atoms with E-state index in [-0.39, 0.29) is 5.56 Å². The highest BCUT2D eigenvalue weighted by Crippen LogP contribution is 2.34. The fraction of sp³-hybridized carbons (Fsp3) is 0.182. The van der Waals surface area contributed by atoms with Gasteiger partial charge in [-0.05, 0) is 54.8 Å². The van der Waals surface area contributed by atoms with Crippen molar-refractivity contribution in [2.75, 3.05) is 11.9 Å². The van der Waals surface area contributed by atoms with E-state index in [9.17, 15) is 18.0 Å². The van der Waals surface area contributed by atoms with E-state index < -0.39 is 17.6 Å². The minimum atomic E-state index is -4.51. The van der Waals surface area contributed by atoms with Crippen LogP contribution >= 0.6 is 0 Å². The summed E-state index contributed by atoms with van der Waals surface area (Å²) in [5, 5.41) is 0. The maximum Gasteiger partial charge on any atom is 0.416 e. The van der Waals surface area contributed by atoms with Crippen LogP contribution in [-0.2, 0) is 6.18 Å². The SMILES string of the molecule is Cc1cc(C(=O)N(C)c2cnccc2-c2ccccc2C)cc(C(F)(F)F)c1. The van der Waals surface area contributed by atoms with E-state index in [4.69, 9.17) is 0 Å². The van der Waals surface area contributed by atoms with Gasteiger partial charge in [-0.15, -0.1) is 0 Å². The zero-order valence-corrected chi connectivity index (χ0v) is 15.7. The number of anilines is 1. The van der Waals surface area contributed by atoms with Gasteiger partial charge in [0.1, 0.15) is 0 Å². The summed E-state index contributed by atoms with van der Waals surface area (Å²) in [5.74, 6) is -0.531. The van der Waals surface area contributed by atoms with Crippen LogP contribution in [0.5, 0.6) is 0 Å². The molecular weight excluding hydrogens is 365 g/mol. The van der Waals surface area contributed by atoms with Crippen LogP contribution in [0.2, 0.25) is 0 Å². The summed E-state index contributed by atoms with van der Waals surface area (Å²) in [6.07, 6.45) is -1.35. The molecule has 0 fully saturated rings. The van der Waals surface area contributed by atoms with Crippen molar-refractivity contribution in [2.45, 2.75) is 20.0 Å². The molecule has 0 N–H and O–H groups in total. The van der Waals surface area contributed by atoms with E-state index in [0.717, 1.165) is 28.8 Å². The van der Waals surface area contributed by atoms with Gasteiger partial charge in [0.25, 0.3) is 5.91 Å². The molecule has 0 saturated heterocycles. The molecule has 3 nitrogen and oxygen atoms in total. The Balaban J connectivity index is 2.05. The Bertz CT molecular complexity index is 1030. The average Bonchev–Trinajstić information content (AvgIpc) is 2.66. The molecule has 0 atom stereocenters. The van der Waals surface area contributed by atoms with Crippen LogP contribution in [0.25, 0.3) is 11.1 Å². The molecule has 2 aromatic carbocycles. The van der Waals surface area contributed by atoms with Crippen LogP contribution in [0, 0.1) is 13.8 Å². The number of carbonyl (C=O) groups excluding carboxylic acids is 1. The molecule has 0 aliphatic heterocycles. The maximum atomic E-state index is 13.1. The van der Waals surface area contributed by atoms with Gasteiger partial charge >= 0.3 is 6.18 Å². The zero-order chi connectivity index (χ0) is 20.5. The first-order valence-electron chi connectivity index (χ1n) is 8.65. The second-order valence-corrected chi connectivity index (χ2v) is 6.66. The van der Waals surface area contributed by atoms with E-state index in [1.54, 1.807) is 18.5 Å². The molecule has 6 heteroatoms. The van der Waals surface area contributed by atoms with Gasteiger partial charge in [-0.25, -0.2) is 0 Å². The first kappa shape index (κ1) is 19.6. The van der Waals surface area contributed by atoms with Gasteiger partial charge in [-0.3, -0.25) is 9.78 Å². The summed E-state index contributed by atoms with van der Waals surface area (Å²) in [4.78, 5) is 18.4. The van der Waals surface area contributed by atoms with Crippen molar-refractivity contribution in [1.29, 1.82) is 0 Å². The molecule has 0 aliphatic rings. The molecule has 144 valence electrons. The Labute approximate surface area is 161 Å². The number of hydrogen-bond donors (Lipinski definition) is 0. The maximum absolute atomic E-state index is 13.1. The molecule has 1 amide bonds. The molecule has 3 rings (SSSR count). The summed E-state index contributed by atoms with van der Waals surface area (Å²) in [6, 6.07) is 12.9. The fourth-order valence-corrected chi connectivity index (χ4v) is 3.13. The second-order valence-electron chi connectivity index (χ2n) is 6.66. The molecule has 28 heavy (non-hydrogen) atoms. The third-order valence-corrected chi connectivity index (χ3v) is 4.55. The van der Waals surface area contributed by atoms with E-state index in [0.29, 0.717) is 11.3 Å². The monoisotopic (exact) mass is 384 g/mol. The molecule has 0 bridgehead atoms. The molecular formula is C22H19F3N2O. The Morgan fingerprint density at radius 3 is 2.39 bits per heavy atom. The van der Waals surface area contributed by atoms with Crippen molar-refractivity contribution in [3.63, 3.8) is 0 Å². The molecule has 0 spiro atoms. The Hall–Kier alpha value is -3.15. The van der Waals surface area contributed by atoms with Gasteiger partial charge in [0.2, 0.25) is 0 Å². The van der Waals surface area contributed by atoms with Gasteiger partial charge < -0.3 is 4.90 Å². The Morgan fingerprint density at radius 2 is 1.71 bits per heavy atom. The summed E-state index contributed by atoms with van der Waals surface area (Å²) < 4.78 is 39.4. The lowest BCUT2D eigenvalue weighted by Gasteiger charge is -2.22. The number of carbonyl (C=O) groups is 1. The Kier molecular flexibility index (Phi) is 5.23. The van der Waals surface area contributed by atoms with Gasteiger partial charge in [-0.2, -0.15) is 13.2 Å². The van der Waals surface area contributed by atoms with Crippen LogP contribution in [0.1, 0.15) is 27.0 Å². The van der Waals surface area contributed by atoms with Gasteiger partial charge in [0.15, 0.2) is 0 Å². The highest BCUT2D eigenvalue weighted by atomic mass is 19.4. The fourth-order valence-electron chi connectivity index (χ4n) is 3.13. The largest absolute Gasteiger partial charge is 0.416 e. The number of benzene rings is 2. The molecule has 1 aromatic heterocycles. The van der Waals surface area contributed by atoms with Crippen LogP contribution < -0.4 is 4.90 Å². The second kappa shape index (κ2) is 7.46. The number of aryl methyl sites for hydroxylation is 2. The smallest absolute Gasteiger partial charge is 0.309 e. The number of hydrogen-bond acceptors (Lipinski definition) is 2. The standard InChI is InChI=1S/C22H19F3N2O/c1-14-10-16(12-17(11-14)22(23,24)25)21(28)27(3)20-13-26-9-8-19(20)18-7-5-4-6-15(18)2/h4-13H,1-3H3. The van der Waals surface area contributed by atoms with E-state index in [1.165, 1.54) is 24.9 Å². The highest BCUT2D eigenvalue weighted by molar-refractivity contribution is 6.08. The first-order chi connectivity index (χ1) is 13.2. The topological polar surface area (TPSA) is 33.2 Å². The third-order valence-electron chi connectivity index (χ3n) is 4.55. The van der Waals surface area contributed by atoms with Crippen molar-refractivity contribution in [3.8, 4) is 11.1 Å². The third kappa shape index (κ3) is 3.91. The number of halogens is 3. The number of pyridine rings is 1. The van der Waals surface area contributed by atoms with Crippen LogP contribution in [0.15, 0.2) is 60.9 Å². The van der Waals surface area contributed by atoms with Crippen LogP contribution in [0.3, 0.4) is 0 Å². The van der Waals surface area contributed by atoms with Crippen molar-refractivity contribution < 1.29 is 18.0 Å². The summed E-state index contributed by atoms with van der Waals surface area (Å²) in [7, 11) is 1.54. The predicted octanol–water partition coefficient (Wildman–Crippen LogP) is 5.66. The minimum absolute atomic E-state index is 0.0191. The molecule has 0 aliphatic carbocycles. The van der Waals surface area contributed by atoms with E-state index in [1.807, 2.05) is 31.2 Å². The highest BCUT2D eigenvalue weighted by Gasteiger charge is 2.32. The Morgan fingerprint density at radius 1 is 1.00 bits per heavy atom. The number of nitrogens with zero attached hydrogens (tertiary/aromatic N) is 2. The molecule has 0 unspecified atom stereocenters. The summed E-state index contributed by atoms with van der Waals surface area (Å²) in [6.45, 7) is 3.49.